The zero-order valence-electron chi connectivity index (χ0n) is 14.0. The van der Waals surface area contributed by atoms with E-state index in [1.165, 1.54) is 0 Å². The molecule has 24 heavy (non-hydrogen) atoms. The molecule has 1 rings (SSSR count). The zero-order chi connectivity index (χ0) is 18.3. The Labute approximate surface area is 141 Å². The molecule has 0 saturated heterocycles. The molecule has 1 amide bonds. The van der Waals surface area contributed by atoms with Crippen LogP contribution in [0.15, 0.2) is 30.3 Å². The molecule has 8 heteroatoms. The third-order valence-corrected chi connectivity index (χ3v) is 3.85. The van der Waals surface area contributed by atoms with Crippen molar-refractivity contribution in [1.29, 1.82) is 0 Å². The highest BCUT2D eigenvalue weighted by molar-refractivity contribution is 7.51. The quantitative estimate of drug-likeness (QED) is 0.583. The maximum Gasteiger partial charge on any atom is 0.326 e. The molecule has 1 aromatic carbocycles. The van der Waals surface area contributed by atoms with Crippen molar-refractivity contribution in [3.63, 3.8) is 0 Å². The summed E-state index contributed by atoms with van der Waals surface area (Å²) in [5, 5.41) is 11.6. The van der Waals surface area contributed by atoms with Crippen LogP contribution in [-0.2, 0) is 25.1 Å². The topological polar surface area (TPSA) is 113 Å². The number of hydrogen-bond acceptors (Lipinski definition) is 4. The van der Waals surface area contributed by atoms with E-state index >= 15 is 0 Å². The fraction of sp³-hybridized carbons (Fsp3) is 0.500. The van der Waals surface area contributed by atoms with Gasteiger partial charge in [0.2, 0.25) is 0 Å². The molecule has 0 aromatic heterocycles. The Kier molecular flexibility index (Phi) is 7.60. The number of carbonyl (C=O) groups excluding carboxylic acids is 1. The van der Waals surface area contributed by atoms with Gasteiger partial charge in [-0.1, -0.05) is 44.2 Å². The van der Waals surface area contributed by atoms with Crippen molar-refractivity contribution >= 4 is 19.5 Å². The van der Waals surface area contributed by atoms with Gasteiger partial charge in [-0.2, -0.15) is 0 Å². The maximum absolute atomic E-state index is 12.4. The second kappa shape index (κ2) is 8.97. The van der Waals surface area contributed by atoms with Gasteiger partial charge in [0.05, 0.1) is 0 Å². The second-order valence-electron chi connectivity index (χ2n) is 6.12. The number of amides is 1. The van der Waals surface area contributed by atoms with Gasteiger partial charge >= 0.3 is 13.6 Å². The van der Waals surface area contributed by atoms with Crippen molar-refractivity contribution in [1.82, 2.24) is 5.32 Å². The van der Waals surface area contributed by atoms with Crippen molar-refractivity contribution < 1.29 is 28.7 Å². The van der Waals surface area contributed by atoms with E-state index in [2.05, 4.69) is 5.32 Å². The highest BCUT2D eigenvalue weighted by atomic mass is 31.2. The third kappa shape index (κ3) is 7.73. The fourth-order valence-corrected chi connectivity index (χ4v) is 2.84. The van der Waals surface area contributed by atoms with Crippen molar-refractivity contribution in [3.05, 3.63) is 35.9 Å². The molecule has 0 aliphatic rings. The van der Waals surface area contributed by atoms with Crippen LogP contribution in [0.1, 0.15) is 25.8 Å². The summed E-state index contributed by atoms with van der Waals surface area (Å²) in [5.74, 6) is -1.81. The van der Waals surface area contributed by atoms with Gasteiger partial charge < -0.3 is 15.3 Å². The number of benzene rings is 1. The Hall–Kier alpha value is -1.69. The Balaban J connectivity index is 2.90. The molecule has 0 heterocycles. The van der Waals surface area contributed by atoms with Gasteiger partial charge in [0, 0.05) is 13.1 Å². The van der Waals surface area contributed by atoms with Crippen LogP contribution in [0.4, 0.5) is 0 Å². The average molecular weight is 357 g/mol. The molecule has 3 atom stereocenters. The lowest BCUT2D eigenvalue weighted by Gasteiger charge is -2.22. The third-order valence-electron chi connectivity index (χ3n) is 3.20. The van der Waals surface area contributed by atoms with Gasteiger partial charge in [0.1, 0.15) is 12.1 Å². The summed E-state index contributed by atoms with van der Waals surface area (Å²) in [5.41, 5.74) is 0.738. The van der Waals surface area contributed by atoms with Crippen LogP contribution >= 0.6 is 7.60 Å². The Morgan fingerprint density at radius 2 is 1.83 bits per heavy atom. The van der Waals surface area contributed by atoms with Crippen LogP contribution in [0.25, 0.3) is 0 Å². The summed E-state index contributed by atoms with van der Waals surface area (Å²) in [4.78, 5) is 33.1. The van der Waals surface area contributed by atoms with Gasteiger partial charge in [0.15, 0.2) is 0 Å². The minimum absolute atomic E-state index is 0.0648. The molecule has 0 spiro atoms. The Bertz CT molecular complexity index is 598. The predicted molar refractivity (Wildman–Crippen MR) is 89.8 cm³/mol. The van der Waals surface area contributed by atoms with Crippen LogP contribution in [0.3, 0.4) is 0 Å². The standard InChI is InChI=1S/C16H24NO6P/c1-11(2)9-13(16(19)20)17-15(18)14(23-24(3,21)22)10-12-7-5-4-6-8-12/h4-8,11,13-14H,9-10H2,1-3H3,(H,17,18)(H,19,20)(H,21,22)/t13-,14-/m0/s1. The monoisotopic (exact) mass is 357 g/mol. The summed E-state index contributed by atoms with van der Waals surface area (Å²) >= 11 is 0. The first-order valence-corrected chi connectivity index (χ1v) is 9.66. The Morgan fingerprint density at radius 1 is 1.25 bits per heavy atom. The minimum Gasteiger partial charge on any atom is -0.480 e. The largest absolute Gasteiger partial charge is 0.480 e. The minimum atomic E-state index is -3.92. The van der Waals surface area contributed by atoms with Crippen LogP contribution in [-0.4, -0.2) is 40.7 Å². The van der Waals surface area contributed by atoms with Crippen molar-refractivity contribution in [3.8, 4) is 0 Å². The number of carbonyl (C=O) groups is 2. The predicted octanol–water partition coefficient (Wildman–Crippen LogP) is 2.04. The summed E-state index contributed by atoms with van der Waals surface area (Å²) < 4.78 is 16.5. The smallest absolute Gasteiger partial charge is 0.326 e. The normalized spacial score (nSPS) is 16.2. The summed E-state index contributed by atoms with van der Waals surface area (Å²) in [6.07, 6.45) is -0.927. The van der Waals surface area contributed by atoms with Crippen LogP contribution < -0.4 is 5.32 Å². The highest BCUT2D eigenvalue weighted by Gasteiger charge is 2.30. The van der Waals surface area contributed by atoms with E-state index in [9.17, 15) is 24.2 Å². The van der Waals surface area contributed by atoms with Gasteiger partial charge in [-0.15, -0.1) is 0 Å². The second-order valence-corrected chi connectivity index (χ2v) is 7.93. The van der Waals surface area contributed by atoms with E-state index in [0.29, 0.717) is 0 Å². The van der Waals surface area contributed by atoms with E-state index < -0.39 is 31.6 Å². The lowest BCUT2D eigenvalue weighted by Crippen LogP contribution is -2.47. The van der Waals surface area contributed by atoms with E-state index in [-0.39, 0.29) is 18.8 Å². The van der Waals surface area contributed by atoms with E-state index in [4.69, 9.17) is 4.52 Å². The van der Waals surface area contributed by atoms with Gasteiger partial charge in [-0.3, -0.25) is 13.9 Å². The molecule has 0 radical (unpaired) electrons. The van der Waals surface area contributed by atoms with Crippen LogP contribution in [0.5, 0.6) is 0 Å². The van der Waals surface area contributed by atoms with Gasteiger partial charge in [-0.25, -0.2) is 4.79 Å². The summed E-state index contributed by atoms with van der Waals surface area (Å²) in [6, 6.07) is 7.78. The first kappa shape index (κ1) is 20.4. The lowest BCUT2D eigenvalue weighted by atomic mass is 10.0. The van der Waals surface area contributed by atoms with Crippen molar-refractivity contribution in [2.45, 2.75) is 38.8 Å². The number of aliphatic carboxylic acids is 1. The highest BCUT2D eigenvalue weighted by Crippen LogP contribution is 2.39. The molecule has 0 aliphatic carbocycles. The molecule has 0 aliphatic heterocycles. The number of carboxylic acids is 1. The van der Waals surface area contributed by atoms with Crippen LogP contribution in [0, 0.1) is 5.92 Å². The number of hydrogen-bond donors (Lipinski definition) is 3. The average Bonchev–Trinajstić information content (AvgIpc) is 2.45. The van der Waals surface area contributed by atoms with E-state index in [1.54, 1.807) is 30.3 Å². The molecule has 0 fully saturated rings. The maximum atomic E-state index is 12.4. The zero-order valence-corrected chi connectivity index (χ0v) is 14.9. The Morgan fingerprint density at radius 3 is 2.29 bits per heavy atom. The molecule has 0 saturated carbocycles. The lowest BCUT2D eigenvalue weighted by molar-refractivity contribution is -0.143. The molecule has 1 unspecified atom stereocenters. The molecule has 1 aromatic rings. The molecular formula is C16H24NO6P. The van der Waals surface area contributed by atoms with E-state index in [0.717, 1.165) is 12.2 Å². The van der Waals surface area contributed by atoms with Gasteiger partial charge in [0.25, 0.3) is 5.91 Å². The molecular weight excluding hydrogens is 333 g/mol. The number of carboxylic acid groups (broad SMARTS) is 1. The van der Waals surface area contributed by atoms with E-state index in [1.807, 2.05) is 13.8 Å². The first-order valence-electron chi connectivity index (χ1n) is 7.64. The van der Waals surface area contributed by atoms with Gasteiger partial charge in [-0.05, 0) is 17.9 Å². The molecule has 0 bridgehead atoms. The van der Waals surface area contributed by atoms with Crippen LogP contribution in [0.2, 0.25) is 0 Å². The summed E-state index contributed by atoms with van der Waals surface area (Å²) in [7, 11) is -3.92. The summed E-state index contributed by atoms with van der Waals surface area (Å²) in [6.45, 7) is 4.67. The van der Waals surface area contributed by atoms with Crippen molar-refractivity contribution in [2.24, 2.45) is 5.92 Å². The molecule has 134 valence electrons. The fourth-order valence-electron chi connectivity index (χ4n) is 2.20. The molecule has 3 N–H and O–H groups in total. The SMILES string of the molecule is CC(C)C[C@H](NC(=O)[C@H](Cc1ccccc1)OP(C)(=O)O)C(=O)O. The molecule has 7 nitrogen and oxygen atoms in total. The number of nitrogens with one attached hydrogen (secondary N) is 1. The van der Waals surface area contributed by atoms with Crippen molar-refractivity contribution in [2.75, 3.05) is 6.66 Å². The number of rotatable bonds is 9. The first-order chi connectivity index (χ1) is 11.1.